The second-order valence-electron chi connectivity index (χ2n) is 4.35. The van der Waals surface area contributed by atoms with Crippen molar-refractivity contribution < 1.29 is 8.42 Å². The fourth-order valence-corrected chi connectivity index (χ4v) is 2.34. The lowest BCUT2D eigenvalue weighted by atomic mass is 10.2. The Labute approximate surface area is 112 Å². The van der Waals surface area contributed by atoms with E-state index in [1.807, 2.05) is 19.2 Å². The standard InChI is InChI=1S/C12H16N4O2S/c1-10(9-16-7-3-6-14-16)15-11-4-2-5-12(8-11)19(13,17)18/h2-8,10,15H,9H2,1H3,(H2,13,17,18)/t10-/m1/s1. The van der Waals surface area contributed by atoms with Crippen LogP contribution in [-0.2, 0) is 16.6 Å². The second-order valence-corrected chi connectivity index (χ2v) is 5.91. The second kappa shape index (κ2) is 5.41. The summed E-state index contributed by atoms with van der Waals surface area (Å²) in [5.41, 5.74) is 0.714. The van der Waals surface area contributed by atoms with Gasteiger partial charge in [-0.1, -0.05) is 6.07 Å². The third kappa shape index (κ3) is 3.80. The lowest BCUT2D eigenvalue weighted by molar-refractivity contribution is 0.560. The molecule has 102 valence electrons. The maximum absolute atomic E-state index is 11.3. The van der Waals surface area contributed by atoms with Crippen LogP contribution < -0.4 is 10.5 Å². The minimum absolute atomic E-state index is 0.101. The normalized spacial score (nSPS) is 13.2. The van der Waals surface area contributed by atoms with Crippen molar-refractivity contribution in [3.8, 4) is 0 Å². The summed E-state index contributed by atoms with van der Waals surface area (Å²) >= 11 is 0. The van der Waals surface area contributed by atoms with Gasteiger partial charge in [0.2, 0.25) is 10.0 Å². The Morgan fingerprint density at radius 1 is 1.42 bits per heavy atom. The Hall–Kier alpha value is -1.86. The quantitative estimate of drug-likeness (QED) is 0.856. The van der Waals surface area contributed by atoms with Gasteiger partial charge in [-0.25, -0.2) is 13.6 Å². The molecule has 0 unspecified atom stereocenters. The zero-order valence-electron chi connectivity index (χ0n) is 10.5. The van der Waals surface area contributed by atoms with Crippen molar-refractivity contribution >= 4 is 15.7 Å². The fourth-order valence-electron chi connectivity index (χ4n) is 1.78. The van der Waals surface area contributed by atoms with E-state index in [-0.39, 0.29) is 10.9 Å². The highest BCUT2D eigenvalue weighted by Gasteiger charge is 2.09. The third-order valence-corrected chi connectivity index (χ3v) is 3.51. The van der Waals surface area contributed by atoms with Crippen molar-refractivity contribution in [3.63, 3.8) is 0 Å². The van der Waals surface area contributed by atoms with E-state index >= 15 is 0 Å². The van der Waals surface area contributed by atoms with Gasteiger partial charge >= 0.3 is 0 Å². The molecule has 0 aliphatic rings. The molecule has 0 radical (unpaired) electrons. The summed E-state index contributed by atoms with van der Waals surface area (Å²) in [6, 6.07) is 8.41. The van der Waals surface area contributed by atoms with Crippen LogP contribution in [0.5, 0.6) is 0 Å². The molecule has 1 atom stereocenters. The van der Waals surface area contributed by atoms with Crippen molar-refractivity contribution in [2.75, 3.05) is 5.32 Å². The summed E-state index contributed by atoms with van der Waals surface area (Å²) in [5.74, 6) is 0. The summed E-state index contributed by atoms with van der Waals surface area (Å²) in [6.07, 6.45) is 3.59. The Kier molecular flexibility index (Phi) is 3.87. The largest absolute Gasteiger partial charge is 0.381 e. The van der Waals surface area contributed by atoms with Gasteiger partial charge in [0.05, 0.1) is 11.4 Å². The highest BCUT2D eigenvalue weighted by atomic mass is 32.2. The fraction of sp³-hybridized carbons (Fsp3) is 0.250. The van der Waals surface area contributed by atoms with Crippen molar-refractivity contribution in [2.24, 2.45) is 5.14 Å². The van der Waals surface area contributed by atoms with Crippen molar-refractivity contribution in [3.05, 3.63) is 42.7 Å². The van der Waals surface area contributed by atoms with Gasteiger partial charge in [0.25, 0.3) is 0 Å². The van der Waals surface area contributed by atoms with Crippen LogP contribution in [0, 0.1) is 0 Å². The highest BCUT2D eigenvalue weighted by Crippen LogP contribution is 2.15. The first-order valence-corrected chi connectivity index (χ1v) is 7.36. The van der Waals surface area contributed by atoms with E-state index in [1.165, 1.54) is 12.1 Å². The zero-order valence-corrected chi connectivity index (χ0v) is 11.3. The monoisotopic (exact) mass is 280 g/mol. The molecule has 2 rings (SSSR count). The van der Waals surface area contributed by atoms with Crippen molar-refractivity contribution in [1.29, 1.82) is 0 Å². The molecule has 0 amide bonds. The molecule has 0 bridgehead atoms. The molecule has 0 saturated carbocycles. The van der Waals surface area contributed by atoms with E-state index in [1.54, 1.807) is 23.0 Å². The summed E-state index contributed by atoms with van der Waals surface area (Å²) in [5, 5.41) is 12.4. The number of hydrogen-bond acceptors (Lipinski definition) is 4. The number of nitrogens with one attached hydrogen (secondary N) is 1. The number of sulfonamides is 1. The van der Waals surface area contributed by atoms with E-state index in [0.29, 0.717) is 12.2 Å². The number of rotatable bonds is 5. The average Bonchev–Trinajstić information content (AvgIpc) is 2.80. The Balaban J connectivity index is 2.07. The first-order valence-electron chi connectivity index (χ1n) is 5.82. The van der Waals surface area contributed by atoms with Gasteiger partial charge in [0.15, 0.2) is 0 Å². The number of primary sulfonamides is 1. The van der Waals surface area contributed by atoms with Gasteiger partial charge in [0, 0.05) is 24.1 Å². The summed E-state index contributed by atoms with van der Waals surface area (Å²) in [6.45, 7) is 2.68. The molecule has 19 heavy (non-hydrogen) atoms. The number of hydrogen-bond donors (Lipinski definition) is 2. The van der Waals surface area contributed by atoms with Gasteiger partial charge in [0.1, 0.15) is 0 Å². The number of nitrogens with zero attached hydrogens (tertiary/aromatic N) is 2. The predicted octanol–water partition coefficient (Wildman–Crippen LogP) is 1.03. The van der Waals surface area contributed by atoms with Crippen LogP contribution >= 0.6 is 0 Å². The molecule has 0 aliphatic heterocycles. The summed E-state index contributed by atoms with van der Waals surface area (Å²) in [4.78, 5) is 0.101. The first-order chi connectivity index (χ1) is 8.95. The predicted molar refractivity (Wildman–Crippen MR) is 73.1 cm³/mol. The van der Waals surface area contributed by atoms with E-state index in [4.69, 9.17) is 5.14 Å². The van der Waals surface area contributed by atoms with Crippen LogP contribution in [0.15, 0.2) is 47.6 Å². The smallest absolute Gasteiger partial charge is 0.238 e. The highest BCUT2D eigenvalue weighted by molar-refractivity contribution is 7.89. The Morgan fingerprint density at radius 2 is 2.21 bits per heavy atom. The maximum Gasteiger partial charge on any atom is 0.238 e. The van der Waals surface area contributed by atoms with Crippen LogP contribution in [0.2, 0.25) is 0 Å². The number of nitrogens with two attached hydrogens (primary N) is 1. The van der Waals surface area contributed by atoms with Gasteiger partial charge in [-0.05, 0) is 31.2 Å². The van der Waals surface area contributed by atoms with Crippen LogP contribution in [-0.4, -0.2) is 24.2 Å². The first kappa shape index (κ1) is 13.6. The van der Waals surface area contributed by atoms with E-state index in [0.717, 1.165) is 0 Å². The number of anilines is 1. The average molecular weight is 280 g/mol. The molecule has 0 spiro atoms. The molecule has 0 fully saturated rings. The van der Waals surface area contributed by atoms with E-state index in [2.05, 4.69) is 10.4 Å². The van der Waals surface area contributed by atoms with Crippen molar-refractivity contribution in [1.82, 2.24) is 9.78 Å². The number of aromatic nitrogens is 2. The van der Waals surface area contributed by atoms with Gasteiger partial charge in [-0.3, -0.25) is 4.68 Å². The van der Waals surface area contributed by atoms with Crippen LogP contribution in [0.4, 0.5) is 5.69 Å². The van der Waals surface area contributed by atoms with Crippen molar-refractivity contribution in [2.45, 2.75) is 24.4 Å². The lowest BCUT2D eigenvalue weighted by Crippen LogP contribution is -2.22. The van der Waals surface area contributed by atoms with Crippen LogP contribution in [0.1, 0.15) is 6.92 Å². The van der Waals surface area contributed by atoms with Gasteiger partial charge in [-0.15, -0.1) is 0 Å². The molecule has 2 aromatic rings. The number of benzene rings is 1. The maximum atomic E-state index is 11.3. The minimum atomic E-state index is -3.67. The molecule has 6 nitrogen and oxygen atoms in total. The Morgan fingerprint density at radius 3 is 2.84 bits per heavy atom. The molecule has 3 N–H and O–H groups in total. The topological polar surface area (TPSA) is 90.0 Å². The molecule has 1 aromatic heterocycles. The minimum Gasteiger partial charge on any atom is -0.381 e. The molecular formula is C12H16N4O2S. The summed E-state index contributed by atoms with van der Waals surface area (Å²) < 4.78 is 24.3. The molecule has 1 heterocycles. The van der Waals surface area contributed by atoms with Gasteiger partial charge in [-0.2, -0.15) is 5.10 Å². The van der Waals surface area contributed by atoms with E-state index < -0.39 is 10.0 Å². The molecule has 0 saturated heterocycles. The Bertz CT molecular complexity index is 638. The van der Waals surface area contributed by atoms with Crippen LogP contribution in [0.25, 0.3) is 0 Å². The zero-order chi connectivity index (χ0) is 13.9. The molecule has 0 aliphatic carbocycles. The van der Waals surface area contributed by atoms with Crippen LogP contribution in [0.3, 0.4) is 0 Å². The van der Waals surface area contributed by atoms with E-state index in [9.17, 15) is 8.42 Å². The summed E-state index contributed by atoms with van der Waals surface area (Å²) in [7, 11) is -3.67. The lowest BCUT2D eigenvalue weighted by Gasteiger charge is -2.15. The molecule has 7 heteroatoms. The third-order valence-electron chi connectivity index (χ3n) is 2.60. The molecule has 1 aromatic carbocycles. The molecular weight excluding hydrogens is 264 g/mol. The SMILES string of the molecule is C[C@H](Cn1cccn1)Nc1cccc(S(N)(=O)=O)c1. The van der Waals surface area contributed by atoms with Gasteiger partial charge < -0.3 is 5.32 Å².